The van der Waals surface area contributed by atoms with Crippen molar-refractivity contribution in [3.63, 3.8) is 0 Å². The van der Waals surface area contributed by atoms with Crippen LogP contribution in [0.1, 0.15) is 30.7 Å². The highest BCUT2D eigenvalue weighted by Gasteiger charge is 2.05. The zero-order chi connectivity index (χ0) is 15.2. The summed E-state index contributed by atoms with van der Waals surface area (Å²) in [6.45, 7) is 6.47. The highest BCUT2D eigenvalue weighted by molar-refractivity contribution is 5.33. The zero-order valence-electron chi connectivity index (χ0n) is 12.6. The Kier molecular flexibility index (Phi) is 5.11. The SMILES string of the molecule is Cc1cc(OC(C)C)nc(NCc2cccc(CO)c2)n1. The summed E-state index contributed by atoms with van der Waals surface area (Å²) in [5.74, 6) is 1.11. The number of rotatable bonds is 6. The van der Waals surface area contributed by atoms with E-state index in [2.05, 4.69) is 15.3 Å². The van der Waals surface area contributed by atoms with Crippen molar-refractivity contribution in [2.24, 2.45) is 0 Å². The molecule has 0 spiro atoms. The summed E-state index contributed by atoms with van der Waals surface area (Å²) in [6.07, 6.45) is 0.0772. The van der Waals surface area contributed by atoms with Gasteiger partial charge in [0.25, 0.3) is 0 Å². The summed E-state index contributed by atoms with van der Waals surface area (Å²) in [7, 11) is 0. The Bertz CT molecular complexity index is 600. The maximum atomic E-state index is 9.14. The fraction of sp³-hybridized carbons (Fsp3) is 0.375. The van der Waals surface area contributed by atoms with Gasteiger partial charge in [-0.3, -0.25) is 0 Å². The molecule has 0 aliphatic heterocycles. The van der Waals surface area contributed by atoms with Gasteiger partial charge in [-0.05, 0) is 31.9 Å². The first-order chi connectivity index (χ1) is 10.1. The van der Waals surface area contributed by atoms with Crippen molar-refractivity contribution < 1.29 is 9.84 Å². The third kappa shape index (κ3) is 4.72. The van der Waals surface area contributed by atoms with E-state index >= 15 is 0 Å². The number of aromatic nitrogens is 2. The summed E-state index contributed by atoms with van der Waals surface area (Å²) in [5, 5.41) is 12.3. The van der Waals surface area contributed by atoms with E-state index in [1.165, 1.54) is 0 Å². The Hall–Kier alpha value is -2.14. The van der Waals surface area contributed by atoms with E-state index in [0.29, 0.717) is 18.4 Å². The van der Waals surface area contributed by atoms with E-state index in [9.17, 15) is 0 Å². The van der Waals surface area contributed by atoms with Crippen LogP contribution in [0.4, 0.5) is 5.95 Å². The van der Waals surface area contributed by atoms with Gasteiger partial charge in [0.1, 0.15) is 0 Å². The van der Waals surface area contributed by atoms with Gasteiger partial charge in [0.15, 0.2) is 0 Å². The van der Waals surface area contributed by atoms with Gasteiger partial charge in [0.2, 0.25) is 11.8 Å². The quantitative estimate of drug-likeness (QED) is 0.855. The summed E-state index contributed by atoms with van der Waals surface area (Å²) in [6, 6.07) is 9.58. The third-order valence-corrected chi connectivity index (χ3v) is 2.81. The second-order valence-corrected chi connectivity index (χ2v) is 5.17. The van der Waals surface area contributed by atoms with Crippen LogP contribution in [0.3, 0.4) is 0 Å². The smallest absolute Gasteiger partial charge is 0.226 e. The molecule has 21 heavy (non-hydrogen) atoms. The molecule has 1 aromatic heterocycles. The normalized spacial score (nSPS) is 10.7. The first-order valence-electron chi connectivity index (χ1n) is 7.01. The standard InChI is InChI=1S/C16H21N3O2/c1-11(2)21-15-7-12(3)18-16(19-15)17-9-13-5-4-6-14(8-13)10-20/h4-8,11,20H,9-10H2,1-3H3,(H,17,18,19). The van der Waals surface area contributed by atoms with Gasteiger partial charge >= 0.3 is 0 Å². The number of benzene rings is 1. The Morgan fingerprint density at radius 2 is 1.95 bits per heavy atom. The molecule has 0 unspecified atom stereocenters. The average Bonchev–Trinajstić information content (AvgIpc) is 2.44. The molecule has 1 aromatic carbocycles. The number of aliphatic hydroxyl groups excluding tert-OH is 1. The molecule has 0 aliphatic rings. The van der Waals surface area contributed by atoms with E-state index < -0.39 is 0 Å². The first-order valence-corrected chi connectivity index (χ1v) is 7.01. The third-order valence-electron chi connectivity index (χ3n) is 2.81. The van der Waals surface area contributed by atoms with Crippen molar-refractivity contribution in [2.45, 2.75) is 40.0 Å². The van der Waals surface area contributed by atoms with Crippen LogP contribution in [0.15, 0.2) is 30.3 Å². The van der Waals surface area contributed by atoms with Crippen molar-refractivity contribution in [1.82, 2.24) is 9.97 Å². The van der Waals surface area contributed by atoms with Crippen LogP contribution in [-0.4, -0.2) is 21.2 Å². The monoisotopic (exact) mass is 287 g/mol. The second kappa shape index (κ2) is 7.04. The number of hydrogen-bond donors (Lipinski definition) is 2. The minimum atomic E-state index is 0.0428. The molecule has 1 heterocycles. The van der Waals surface area contributed by atoms with Gasteiger partial charge < -0.3 is 15.2 Å². The highest BCUT2D eigenvalue weighted by Crippen LogP contribution is 2.14. The van der Waals surface area contributed by atoms with E-state index in [1.807, 2.05) is 51.1 Å². The lowest BCUT2D eigenvalue weighted by Gasteiger charge is -2.11. The number of aryl methyl sites for hydroxylation is 1. The van der Waals surface area contributed by atoms with E-state index in [-0.39, 0.29) is 12.7 Å². The van der Waals surface area contributed by atoms with Crippen molar-refractivity contribution >= 4 is 5.95 Å². The van der Waals surface area contributed by atoms with E-state index in [0.717, 1.165) is 16.8 Å². The Morgan fingerprint density at radius 3 is 2.67 bits per heavy atom. The van der Waals surface area contributed by atoms with Gasteiger partial charge in [-0.15, -0.1) is 0 Å². The maximum Gasteiger partial charge on any atom is 0.226 e. The van der Waals surface area contributed by atoms with Crippen LogP contribution in [-0.2, 0) is 13.2 Å². The minimum absolute atomic E-state index is 0.0428. The number of anilines is 1. The van der Waals surface area contributed by atoms with Crippen LogP contribution in [0.25, 0.3) is 0 Å². The molecule has 0 radical (unpaired) electrons. The van der Waals surface area contributed by atoms with Crippen LogP contribution >= 0.6 is 0 Å². The van der Waals surface area contributed by atoms with Crippen LogP contribution < -0.4 is 10.1 Å². The Morgan fingerprint density at radius 1 is 1.19 bits per heavy atom. The fourth-order valence-corrected chi connectivity index (χ4v) is 1.94. The van der Waals surface area contributed by atoms with Gasteiger partial charge in [-0.25, -0.2) is 4.98 Å². The molecule has 2 N–H and O–H groups in total. The average molecular weight is 287 g/mol. The molecular formula is C16H21N3O2. The van der Waals surface area contributed by atoms with Crippen molar-refractivity contribution in [3.05, 3.63) is 47.2 Å². The van der Waals surface area contributed by atoms with Crippen LogP contribution in [0.2, 0.25) is 0 Å². The summed E-state index contributed by atoms with van der Waals surface area (Å²) in [4.78, 5) is 8.68. The van der Waals surface area contributed by atoms with Crippen molar-refractivity contribution in [1.29, 1.82) is 0 Å². The molecule has 0 fully saturated rings. The predicted octanol–water partition coefficient (Wildman–Crippen LogP) is 2.68. The van der Waals surface area contributed by atoms with Gasteiger partial charge in [-0.1, -0.05) is 24.3 Å². The molecule has 0 atom stereocenters. The zero-order valence-corrected chi connectivity index (χ0v) is 12.6. The Balaban J connectivity index is 2.06. The molecule has 0 bridgehead atoms. The second-order valence-electron chi connectivity index (χ2n) is 5.17. The molecular weight excluding hydrogens is 266 g/mol. The van der Waals surface area contributed by atoms with Crippen molar-refractivity contribution in [3.8, 4) is 5.88 Å². The maximum absolute atomic E-state index is 9.14. The minimum Gasteiger partial charge on any atom is -0.475 e. The largest absolute Gasteiger partial charge is 0.475 e. The predicted molar refractivity (Wildman–Crippen MR) is 82.2 cm³/mol. The molecule has 112 valence electrons. The van der Waals surface area contributed by atoms with Crippen LogP contribution in [0.5, 0.6) is 5.88 Å². The van der Waals surface area contributed by atoms with Crippen molar-refractivity contribution in [2.75, 3.05) is 5.32 Å². The molecule has 0 saturated heterocycles. The van der Waals surface area contributed by atoms with Crippen LogP contribution in [0, 0.1) is 6.92 Å². The molecule has 5 nitrogen and oxygen atoms in total. The number of nitrogens with zero attached hydrogens (tertiary/aromatic N) is 2. The fourth-order valence-electron chi connectivity index (χ4n) is 1.94. The molecule has 2 rings (SSSR count). The van der Waals surface area contributed by atoms with E-state index in [1.54, 1.807) is 0 Å². The number of aliphatic hydroxyl groups is 1. The topological polar surface area (TPSA) is 67.3 Å². The Labute approximate surface area is 125 Å². The van der Waals surface area contributed by atoms with Gasteiger partial charge in [0, 0.05) is 18.3 Å². The van der Waals surface area contributed by atoms with E-state index in [4.69, 9.17) is 9.84 Å². The molecule has 0 aliphatic carbocycles. The summed E-state index contributed by atoms with van der Waals surface area (Å²) in [5.41, 5.74) is 2.81. The first kappa shape index (κ1) is 15.3. The highest BCUT2D eigenvalue weighted by atomic mass is 16.5. The molecule has 0 amide bonds. The number of nitrogens with one attached hydrogen (secondary N) is 1. The van der Waals surface area contributed by atoms with Gasteiger partial charge in [-0.2, -0.15) is 4.98 Å². The lowest BCUT2D eigenvalue weighted by Crippen LogP contribution is -2.10. The molecule has 2 aromatic rings. The summed E-state index contributed by atoms with van der Waals surface area (Å²) < 4.78 is 5.60. The number of hydrogen-bond acceptors (Lipinski definition) is 5. The molecule has 5 heteroatoms. The number of ether oxygens (including phenoxy) is 1. The lowest BCUT2D eigenvalue weighted by atomic mass is 10.1. The lowest BCUT2D eigenvalue weighted by molar-refractivity contribution is 0.232. The van der Waals surface area contributed by atoms with Gasteiger partial charge in [0.05, 0.1) is 12.7 Å². The molecule has 0 saturated carbocycles. The summed E-state index contributed by atoms with van der Waals surface area (Å²) >= 11 is 0.